The lowest BCUT2D eigenvalue weighted by atomic mass is 9.82. The highest BCUT2D eigenvalue weighted by Gasteiger charge is 2.33. The third kappa shape index (κ3) is 5.08. The fourth-order valence-corrected chi connectivity index (χ4v) is 4.37. The number of cyclic esters (lactones) is 1. The second kappa shape index (κ2) is 9.38. The molecule has 2 aliphatic heterocycles. The van der Waals surface area contributed by atoms with Crippen LogP contribution in [0.5, 0.6) is 0 Å². The van der Waals surface area contributed by atoms with Gasteiger partial charge in [-0.15, -0.1) is 0 Å². The van der Waals surface area contributed by atoms with Crippen LogP contribution in [0, 0.1) is 11.7 Å². The molecule has 0 aromatic heterocycles. The number of anilines is 2. The lowest BCUT2D eigenvalue weighted by Crippen LogP contribution is -2.49. The quantitative estimate of drug-likeness (QED) is 0.675. The number of amides is 2. The van der Waals surface area contributed by atoms with Crippen molar-refractivity contribution in [2.24, 2.45) is 5.92 Å². The van der Waals surface area contributed by atoms with Gasteiger partial charge in [-0.2, -0.15) is 0 Å². The third-order valence-corrected chi connectivity index (χ3v) is 6.50. The SMILES string of the molecule is CC(=S)NCC1CN(c2ccc(N3CCN(C(=O)CC4CCC4)CC3)c(F)c2)C(=O)O1. The molecule has 168 valence electrons. The van der Waals surface area contributed by atoms with Crippen LogP contribution in [-0.2, 0) is 9.53 Å². The Bertz CT molecular complexity index is 855. The molecule has 1 aromatic rings. The molecular formula is C22H29FN4O3S. The topological polar surface area (TPSA) is 65.1 Å². The number of nitrogens with one attached hydrogen (secondary N) is 1. The minimum Gasteiger partial charge on any atom is -0.442 e. The van der Waals surface area contributed by atoms with E-state index in [4.69, 9.17) is 17.0 Å². The van der Waals surface area contributed by atoms with E-state index in [1.807, 2.05) is 9.80 Å². The van der Waals surface area contributed by atoms with Crippen LogP contribution in [0.2, 0.25) is 0 Å². The standard InChI is InChI=1S/C22H29FN4O3S/c1-15(31)24-13-18-14-27(22(29)30-18)17-5-6-20(19(23)12-17)25-7-9-26(10-8-25)21(28)11-16-3-2-4-16/h5-6,12,16,18H,2-4,7-11,13-14H2,1H3,(H,24,31). The van der Waals surface area contributed by atoms with E-state index < -0.39 is 6.09 Å². The van der Waals surface area contributed by atoms with Crippen molar-refractivity contribution in [1.82, 2.24) is 10.2 Å². The Hall–Kier alpha value is -2.42. The van der Waals surface area contributed by atoms with E-state index in [0.29, 0.717) is 68.0 Å². The van der Waals surface area contributed by atoms with Crippen LogP contribution in [0.25, 0.3) is 0 Å². The number of thiocarbonyl (C=S) groups is 1. The zero-order chi connectivity index (χ0) is 22.0. The molecule has 1 aromatic carbocycles. The largest absolute Gasteiger partial charge is 0.442 e. The van der Waals surface area contributed by atoms with Gasteiger partial charge in [-0.1, -0.05) is 18.6 Å². The average molecular weight is 449 g/mol. The normalized spacial score (nSPS) is 21.7. The zero-order valence-electron chi connectivity index (χ0n) is 17.8. The molecule has 1 saturated carbocycles. The smallest absolute Gasteiger partial charge is 0.414 e. The van der Waals surface area contributed by atoms with Crippen molar-refractivity contribution in [2.45, 2.75) is 38.7 Å². The number of hydrogen-bond acceptors (Lipinski definition) is 5. The molecule has 2 heterocycles. The molecule has 3 fully saturated rings. The Morgan fingerprint density at radius 3 is 2.61 bits per heavy atom. The van der Waals surface area contributed by atoms with Gasteiger partial charge in [0.05, 0.1) is 29.5 Å². The number of piperazine rings is 1. The molecule has 9 heteroatoms. The van der Waals surface area contributed by atoms with E-state index in [-0.39, 0.29) is 17.8 Å². The summed E-state index contributed by atoms with van der Waals surface area (Å²) in [6.45, 7) is 4.96. The number of carbonyl (C=O) groups excluding carboxylic acids is 2. The fourth-order valence-electron chi connectivity index (χ4n) is 4.29. The molecule has 4 rings (SSSR count). The lowest BCUT2D eigenvalue weighted by molar-refractivity contribution is -0.133. The predicted octanol–water partition coefficient (Wildman–Crippen LogP) is 2.93. The molecule has 1 unspecified atom stereocenters. The maximum absolute atomic E-state index is 14.9. The Morgan fingerprint density at radius 2 is 2.00 bits per heavy atom. The van der Waals surface area contributed by atoms with Crippen molar-refractivity contribution < 1.29 is 18.7 Å². The number of hydrogen-bond donors (Lipinski definition) is 1. The highest BCUT2D eigenvalue weighted by atomic mass is 32.1. The zero-order valence-corrected chi connectivity index (χ0v) is 18.6. The van der Waals surface area contributed by atoms with Crippen LogP contribution >= 0.6 is 12.2 Å². The summed E-state index contributed by atoms with van der Waals surface area (Å²) in [5.41, 5.74) is 0.971. The van der Waals surface area contributed by atoms with E-state index in [0.717, 1.165) is 12.8 Å². The predicted molar refractivity (Wildman–Crippen MR) is 121 cm³/mol. The molecule has 2 saturated heterocycles. The summed E-state index contributed by atoms with van der Waals surface area (Å²) < 4.78 is 20.3. The minimum absolute atomic E-state index is 0.223. The van der Waals surface area contributed by atoms with Crippen molar-refractivity contribution in [3.05, 3.63) is 24.0 Å². The van der Waals surface area contributed by atoms with E-state index in [9.17, 15) is 14.0 Å². The minimum atomic E-state index is -0.487. The van der Waals surface area contributed by atoms with Gasteiger partial charge in [0.15, 0.2) is 0 Å². The molecule has 1 N–H and O–H groups in total. The number of nitrogens with zero attached hydrogens (tertiary/aromatic N) is 3. The maximum atomic E-state index is 14.9. The fraction of sp³-hybridized carbons (Fsp3) is 0.591. The summed E-state index contributed by atoms with van der Waals surface area (Å²) in [5.74, 6) is 0.401. The van der Waals surface area contributed by atoms with Crippen LogP contribution in [0.4, 0.5) is 20.6 Å². The Balaban J connectivity index is 1.33. The summed E-state index contributed by atoms with van der Waals surface area (Å²) in [5, 5.41) is 2.99. The van der Waals surface area contributed by atoms with E-state index >= 15 is 0 Å². The van der Waals surface area contributed by atoms with E-state index in [1.165, 1.54) is 17.4 Å². The Morgan fingerprint density at radius 1 is 1.26 bits per heavy atom. The number of ether oxygens (including phenoxy) is 1. The lowest BCUT2D eigenvalue weighted by Gasteiger charge is -2.37. The van der Waals surface area contributed by atoms with Crippen molar-refractivity contribution in [3.8, 4) is 0 Å². The number of halogens is 1. The highest BCUT2D eigenvalue weighted by molar-refractivity contribution is 7.80. The highest BCUT2D eigenvalue weighted by Crippen LogP contribution is 2.31. The molecule has 1 aliphatic carbocycles. The van der Waals surface area contributed by atoms with Crippen molar-refractivity contribution >= 4 is 40.6 Å². The summed E-state index contributed by atoms with van der Waals surface area (Å²) >= 11 is 4.98. The Labute approximate surface area is 187 Å². The summed E-state index contributed by atoms with van der Waals surface area (Å²) in [6.07, 6.45) is 3.39. The molecular weight excluding hydrogens is 419 g/mol. The molecule has 0 radical (unpaired) electrons. The molecule has 0 spiro atoms. The maximum Gasteiger partial charge on any atom is 0.414 e. The summed E-state index contributed by atoms with van der Waals surface area (Å²) in [4.78, 5) is 30.6. The first-order valence-electron chi connectivity index (χ1n) is 11.0. The molecule has 31 heavy (non-hydrogen) atoms. The van der Waals surface area contributed by atoms with Crippen molar-refractivity contribution in [3.63, 3.8) is 0 Å². The van der Waals surface area contributed by atoms with Gasteiger partial charge in [0.25, 0.3) is 0 Å². The average Bonchev–Trinajstić information content (AvgIpc) is 3.10. The second-order valence-corrected chi connectivity index (χ2v) is 9.17. The molecule has 0 bridgehead atoms. The summed E-state index contributed by atoms with van der Waals surface area (Å²) in [6, 6.07) is 4.83. The second-order valence-electron chi connectivity index (χ2n) is 8.56. The van der Waals surface area contributed by atoms with Gasteiger partial charge < -0.3 is 19.9 Å². The number of rotatable bonds is 6. The summed E-state index contributed by atoms with van der Waals surface area (Å²) in [7, 11) is 0. The third-order valence-electron chi connectivity index (χ3n) is 6.36. The molecule has 7 nitrogen and oxygen atoms in total. The van der Waals surface area contributed by atoms with Gasteiger partial charge in [-0.05, 0) is 43.9 Å². The van der Waals surface area contributed by atoms with Crippen LogP contribution in [-0.4, -0.2) is 67.3 Å². The first kappa shape index (κ1) is 21.8. The molecule has 2 amide bonds. The first-order chi connectivity index (χ1) is 14.9. The first-order valence-corrected chi connectivity index (χ1v) is 11.4. The van der Waals surface area contributed by atoms with Crippen LogP contribution in [0.15, 0.2) is 18.2 Å². The van der Waals surface area contributed by atoms with Gasteiger partial charge in [0.2, 0.25) is 5.91 Å². The van der Waals surface area contributed by atoms with Gasteiger partial charge in [-0.25, -0.2) is 9.18 Å². The van der Waals surface area contributed by atoms with E-state index in [2.05, 4.69) is 5.32 Å². The monoisotopic (exact) mass is 448 g/mol. The molecule has 1 atom stereocenters. The van der Waals surface area contributed by atoms with Gasteiger partial charge in [-0.3, -0.25) is 9.69 Å². The molecule has 3 aliphatic rings. The van der Waals surface area contributed by atoms with E-state index in [1.54, 1.807) is 19.1 Å². The van der Waals surface area contributed by atoms with Crippen LogP contribution in [0.3, 0.4) is 0 Å². The Kier molecular flexibility index (Phi) is 6.60. The van der Waals surface area contributed by atoms with Crippen LogP contribution < -0.4 is 15.1 Å². The van der Waals surface area contributed by atoms with Gasteiger partial charge >= 0.3 is 6.09 Å². The van der Waals surface area contributed by atoms with Crippen molar-refractivity contribution in [1.29, 1.82) is 0 Å². The van der Waals surface area contributed by atoms with Crippen molar-refractivity contribution in [2.75, 3.05) is 49.1 Å². The van der Waals surface area contributed by atoms with Crippen LogP contribution in [0.1, 0.15) is 32.6 Å². The van der Waals surface area contributed by atoms with Gasteiger partial charge in [0.1, 0.15) is 11.9 Å². The van der Waals surface area contributed by atoms with Gasteiger partial charge in [0, 0.05) is 32.6 Å². The number of benzene rings is 1. The number of carbonyl (C=O) groups is 2.